The summed E-state index contributed by atoms with van der Waals surface area (Å²) in [6.45, 7) is 0.828. The highest BCUT2D eigenvalue weighted by atomic mass is 19.3. The molecule has 0 radical (unpaired) electrons. The maximum absolute atomic E-state index is 13.0. The van der Waals surface area contributed by atoms with Gasteiger partial charge in [0.05, 0.1) is 30.3 Å². The molecule has 1 aromatic carbocycles. The van der Waals surface area contributed by atoms with Crippen molar-refractivity contribution in [1.82, 2.24) is 19.5 Å². The third-order valence-corrected chi connectivity index (χ3v) is 4.20. The van der Waals surface area contributed by atoms with Gasteiger partial charge in [-0.3, -0.25) is 4.79 Å². The van der Waals surface area contributed by atoms with Gasteiger partial charge in [-0.2, -0.15) is 4.98 Å². The Morgan fingerprint density at radius 1 is 1.20 bits per heavy atom. The lowest BCUT2D eigenvalue weighted by Crippen LogP contribution is -2.40. The molecule has 2 aromatic heterocycles. The zero-order valence-corrected chi connectivity index (χ0v) is 16.0. The average Bonchev–Trinajstić information content (AvgIpc) is 2.69. The van der Waals surface area contributed by atoms with Crippen LogP contribution in [0.15, 0.2) is 53.7 Å². The Kier molecular flexibility index (Phi) is 5.40. The van der Waals surface area contributed by atoms with Gasteiger partial charge in [-0.25, -0.2) is 23.3 Å². The zero-order chi connectivity index (χ0) is 21.1. The number of benzene rings is 1. The average molecular weight is 416 g/mol. The van der Waals surface area contributed by atoms with Gasteiger partial charge < -0.3 is 14.2 Å². The molecule has 156 valence electrons. The van der Waals surface area contributed by atoms with E-state index in [1.165, 1.54) is 29.1 Å². The van der Waals surface area contributed by atoms with Crippen molar-refractivity contribution in [3.8, 4) is 28.8 Å². The molecule has 0 unspecified atom stereocenters. The second-order valence-corrected chi connectivity index (χ2v) is 6.82. The van der Waals surface area contributed by atoms with E-state index in [-0.39, 0.29) is 23.4 Å². The van der Waals surface area contributed by atoms with Crippen molar-refractivity contribution >= 4 is 0 Å². The predicted octanol–water partition coefficient (Wildman–Crippen LogP) is 2.50. The summed E-state index contributed by atoms with van der Waals surface area (Å²) in [5, 5.41) is 0. The minimum atomic E-state index is -2.94. The topological polar surface area (TPSA) is 88.4 Å². The van der Waals surface area contributed by atoms with Crippen LogP contribution >= 0.6 is 0 Å². The van der Waals surface area contributed by atoms with Gasteiger partial charge in [0.15, 0.2) is 6.61 Å². The molecular weight excluding hydrogens is 398 g/mol. The van der Waals surface area contributed by atoms with Crippen molar-refractivity contribution in [3.05, 3.63) is 59.3 Å². The molecule has 4 rings (SSSR count). The molecule has 0 spiro atoms. The highest BCUT2D eigenvalue weighted by molar-refractivity contribution is 5.54. The van der Waals surface area contributed by atoms with E-state index in [4.69, 9.17) is 14.2 Å². The third kappa shape index (κ3) is 4.60. The van der Waals surface area contributed by atoms with Crippen LogP contribution < -0.4 is 15.0 Å². The van der Waals surface area contributed by atoms with Crippen LogP contribution in [0.25, 0.3) is 17.1 Å². The Balaban J connectivity index is 1.68. The smallest absolute Gasteiger partial charge is 0.305 e. The van der Waals surface area contributed by atoms with E-state index < -0.39 is 12.5 Å². The number of nitrogens with zero attached hydrogens (tertiary/aromatic N) is 4. The molecule has 0 aliphatic carbocycles. The molecule has 0 bridgehead atoms. The van der Waals surface area contributed by atoms with E-state index >= 15 is 0 Å². The maximum atomic E-state index is 13.0. The molecule has 0 N–H and O–H groups in total. The number of alkyl halides is 2. The molecule has 1 aliphatic rings. The van der Waals surface area contributed by atoms with Gasteiger partial charge in [0, 0.05) is 19.2 Å². The predicted molar refractivity (Wildman–Crippen MR) is 102 cm³/mol. The summed E-state index contributed by atoms with van der Waals surface area (Å²) in [5.41, 5.74) is 0.891. The molecule has 30 heavy (non-hydrogen) atoms. The van der Waals surface area contributed by atoms with Gasteiger partial charge in [-0.15, -0.1) is 0 Å². The molecule has 1 aliphatic heterocycles. The second kappa shape index (κ2) is 8.15. The van der Waals surface area contributed by atoms with Crippen LogP contribution in [-0.2, 0) is 4.74 Å². The van der Waals surface area contributed by atoms with Gasteiger partial charge in [0.2, 0.25) is 0 Å². The molecule has 0 saturated carbocycles. The fourth-order valence-electron chi connectivity index (χ4n) is 2.68. The quantitative estimate of drug-likeness (QED) is 0.585. The SMILES string of the molecule is CC(F)(F)COc1ccc(-n2c(OC3COC3)nc(-c3ccncn3)cc2=O)cc1. The van der Waals surface area contributed by atoms with Crippen LogP contribution in [0.3, 0.4) is 0 Å². The summed E-state index contributed by atoms with van der Waals surface area (Å²) in [4.78, 5) is 25.3. The normalized spacial score (nSPS) is 14.2. The minimum Gasteiger partial charge on any atom is -0.487 e. The van der Waals surface area contributed by atoms with Gasteiger partial charge in [0.1, 0.15) is 18.2 Å². The molecular formula is C20H18F2N4O4. The number of halogens is 2. The van der Waals surface area contributed by atoms with Crippen molar-refractivity contribution in [3.63, 3.8) is 0 Å². The van der Waals surface area contributed by atoms with E-state index in [1.54, 1.807) is 24.4 Å². The van der Waals surface area contributed by atoms with E-state index in [0.29, 0.717) is 30.3 Å². The molecule has 0 amide bonds. The van der Waals surface area contributed by atoms with Crippen molar-refractivity contribution in [1.29, 1.82) is 0 Å². The molecule has 0 atom stereocenters. The van der Waals surface area contributed by atoms with Gasteiger partial charge in [0.25, 0.3) is 11.5 Å². The van der Waals surface area contributed by atoms with E-state index in [2.05, 4.69) is 15.0 Å². The van der Waals surface area contributed by atoms with Gasteiger partial charge in [-0.05, 0) is 30.3 Å². The first-order valence-corrected chi connectivity index (χ1v) is 9.15. The van der Waals surface area contributed by atoms with Crippen LogP contribution in [0.1, 0.15) is 6.92 Å². The number of rotatable bonds is 7. The summed E-state index contributed by atoms with van der Waals surface area (Å²) in [6, 6.07) is 9.20. The van der Waals surface area contributed by atoms with Crippen molar-refractivity contribution in [2.45, 2.75) is 19.0 Å². The summed E-state index contributed by atoms with van der Waals surface area (Å²) in [5.74, 6) is -2.68. The minimum absolute atomic E-state index is 0.0816. The highest BCUT2D eigenvalue weighted by Crippen LogP contribution is 2.23. The van der Waals surface area contributed by atoms with E-state index in [0.717, 1.165) is 6.92 Å². The summed E-state index contributed by atoms with van der Waals surface area (Å²) < 4.78 is 43.3. The van der Waals surface area contributed by atoms with Gasteiger partial charge in [-0.1, -0.05) is 0 Å². The first kappa shape index (κ1) is 19.9. The van der Waals surface area contributed by atoms with Crippen LogP contribution in [0.4, 0.5) is 8.78 Å². The van der Waals surface area contributed by atoms with Crippen molar-refractivity contribution in [2.75, 3.05) is 19.8 Å². The fourth-order valence-corrected chi connectivity index (χ4v) is 2.68. The Hall–Kier alpha value is -3.40. The Labute approximate surface area is 170 Å². The number of hydrogen-bond acceptors (Lipinski definition) is 7. The lowest BCUT2D eigenvalue weighted by atomic mass is 10.2. The van der Waals surface area contributed by atoms with Crippen LogP contribution in [-0.4, -0.2) is 51.4 Å². The summed E-state index contributed by atoms with van der Waals surface area (Å²) >= 11 is 0. The van der Waals surface area contributed by atoms with Crippen LogP contribution in [0.2, 0.25) is 0 Å². The van der Waals surface area contributed by atoms with Crippen molar-refractivity contribution < 1.29 is 23.0 Å². The molecule has 3 heterocycles. The zero-order valence-electron chi connectivity index (χ0n) is 16.0. The first-order valence-electron chi connectivity index (χ1n) is 9.15. The molecule has 8 nitrogen and oxygen atoms in total. The molecule has 3 aromatic rings. The largest absolute Gasteiger partial charge is 0.487 e. The van der Waals surface area contributed by atoms with Gasteiger partial charge >= 0.3 is 6.01 Å². The fraction of sp³-hybridized carbons (Fsp3) is 0.300. The van der Waals surface area contributed by atoms with E-state index in [1.807, 2.05) is 0 Å². The third-order valence-electron chi connectivity index (χ3n) is 4.20. The second-order valence-electron chi connectivity index (χ2n) is 6.82. The number of hydrogen-bond donors (Lipinski definition) is 0. The lowest BCUT2D eigenvalue weighted by molar-refractivity contribution is -0.0840. The molecule has 10 heteroatoms. The maximum Gasteiger partial charge on any atom is 0.305 e. The van der Waals surface area contributed by atoms with E-state index in [9.17, 15) is 13.6 Å². The number of aromatic nitrogens is 4. The van der Waals surface area contributed by atoms with Crippen molar-refractivity contribution in [2.24, 2.45) is 0 Å². The number of ether oxygens (including phenoxy) is 3. The Morgan fingerprint density at radius 3 is 2.57 bits per heavy atom. The standard InChI is InChI=1S/C20H18F2N4O4/c1-20(21,22)11-29-14-4-2-13(3-5-14)26-18(27)8-17(16-6-7-23-12-24-16)25-19(26)30-15-9-28-10-15/h2-8,12,15H,9-11H2,1H3. The van der Waals surface area contributed by atoms with Crippen LogP contribution in [0, 0.1) is 0 Å². The Morgan fingerprint density at radius 2 is 1.97 bits per heavy atom. The summed E-state index contributed by atoms with van der Waals surface area (Å²) in [7, 11) is 0. The lowest BCUT2D eigenvalue weighted by Gasteiger charge is -2.27. The molecule has 1 saturated heterocycles. The summed E-state index contributed by atoms with van der Waals surface area (Å²) in [6.07, 6.45) is 2.69. The highest BCUT2D eigenvalue weighted by Gasteiger charge is 2.24. The monoisotopic (exact) mass is 416 g/mol. The first-order chi connectivity index (χ1) is 14.4. The Bertz CT molecular complexity index is 1060. The molecule has 1 fully saturated rings. The van der Waals surface area contributed by atoms with Crippen LogP contribution in [0.5, 0.6) is 11.8 Å².